The van der Waals surface area contributed by atoms with Crippen molar-refractivity contribution in [3.63, 3.8) is 0 Å². The van der Waals surface area contributed by atoms with Gasteiger partial charge in [0.1, 0.15) is 5.75 Å². The van der Waals surface area contributed by atoms with Gasteiger partial charge in [0, 0.05) is 5.56 Å². The van der Waals surface area contributed by atoms with Crippen LogP contribution in [0.15, 0.2) is 54.6 Å². The molecule has 0 saturated heterocycles. The monoisotopic (exact) mass is 382 g/mol. The van der Waals surface area contributed by atoms with Gasteiger partial charge < -0.3 is 5.11 Å². The Kier molecular flexibility index (Phi) is 4.86. The first-order valence-electron chi connectivity index (χ1n) is 10.6. The number of benzene rings is 4. The topological polar surface area (TPSA) is 20.2 Å². The second-order valence-corrected chi connectivity index (χ2v) is 8.93. The number of phenolic OH excluding ortho intramolecular Hbond substituents is 1. The molecule has 4 aromatic carbocycles. The van der Waals surface area contributed by atoms with Gasteiger partial charge in [0.15, 0.2) is 0 Å². The number of hydrogen-bond acceptors (Lipinski definition) is 1. The molecule has 1 N–H and O–H groups in total. The van der Waals surface area contributed by atoms with E-state index in [0.717, 1.165) is 10.9 Å². The van der Waals surface area contributed by atoms with Crippen LogP contribution in [0.25, 0.3) is 32.7 Å². The number of aryl methyl sites for hydroxylation is 2. The fourth-order valence-electron chi connectivity index (χ4n) is 4.64. The molecule has 0 bridgehead atoms. The Morgan fingerprint density at radius 3 is 1.83 bits per heavy atom. The van der Waals surface area contributed by atoms with Gasteiger partial charge in [-0.2, -0.15) is 0 Å². The Morgan fingerprint density at radius 1 is 0.655 bits per heavy atom. The molecule has 0 fully saturated rings. The number of fused-ring (bicyclic) bond motifs is 2. The van der Waals surface area contributed by atoms with Crippen LogP contribution >= 0.6 is 0 Å². The lowest BCUT2D eigenvalue weighted by Crippen LogP contribution is -1.95. The smallest absolute Gasteiger partial charge is 0.119 e. The van der Waals surface area contributed by atoms with Crippen molar-refractivity contribution < 1.29 is 5.11 Å². The summed E-state index contributed by atoms with van der Waals surface area (Å²) in [6, 6.07) is 19.7. The van der Waals surface area contributed by atoms with Crippen molar-refractivity contribution in [2.24, 2.45) is 0 Å². The maximum Gasteiger partial charge on any atom is 0.119 e. The summed E-state index contributed by atoms with van der Waals surface area (Å²) in [4.78, 5) is 0. The number of hydrogen-bond donors (Lipinski definition) is 1. The number of rotatable bonds is 3. The van der Waals surface area contributed by atoms with E-state index in [9.17, 15) is 5.11 Å². The first kappa shape index (κ1) is 19.5. The summed E-state index contributed by atoms with van der Waals surface area (Å²) in [5.41, 5.74) is 7.55. The normalized spacial score (nSPS) is 11.9. The van der Waals surface area contributed by atoms with Crippen LogP contribution in [-0.2, 0) is 0 Å². The first-order chi connectivity index (χ1) is 13.8. The van der Waals surface area contributed by atoms with Crippen LogP contribution in [0, 0.1) is 13.8 Å². The summed E-state index contributed by atoms with van der Waals surface area (Å²) in [6.45, 7) is 13.2. The summed E-state index contributed by atoms with van der Waals surface area (Å²) < 4.78 is 0. The second-order valence-electron chi connectivity index (χ2n) is 8.93. The lowest BCUT2D eigenvalue weighted by atomic mass is 9.87. The van der Waals surface area contributed by atoms with Crippen molar-refractivity contribution in [2.75, 3.05) is 0 Å². The predicted octanol–water partition coefficient (Wildman–Crippen LogP) is 8.23. The first-order valence-corrected chi connectivity index (χ1v) is 10.6. The summed E-state index contributed by atoms with van der Waals surface area (Å²) in [6.07, 6.45) is 0. The molecule has 0 unspecified atom stereocenters. The van der Waals surface area contributed by atoms with Crippen LogP contribution in [-0.4, -0.2) is 5.11 Å². The molecule has 1 nitrogen and oxygen atoms in total. The van der Waals surface area contributed by atoms with Crippen molar-refractivity contribution in [1.29, 1.82) is 0 Å². The highest BCUT2D eigenvalue weighted by Crippen LogP contribution is 2.39. The van der Waals surface area contributed by atoms with Gasteiger partial charge in [-0.05, 0) is 93.2 Å². The van der Waals surface area contributed by atoms with Gasteiger partial charge in [0.2, 0.25) is 0 Å². The largest absolute Gasteiger partial charge is 0.508 e. The number of aromatic hydroxyl groups is 1. The Labute approximate surface area is 174 Å². The highest BCUT2D eigenvalue weighted by atomic mass is 16.3. The molecule has 0 aliphatic carbocycles. The molecule has 0 heterocycles. The van der Waals surface area contributed by atoms with E-state index in [1.54, 1.807) is 0 Å². The Balaban J connectivity index is 1.97. The molecule has 148 valence electrons. The van der Waals surface area contributed by atoms with Gasteiger partial charge in [-0.25, -0.2) is 0 Å². The molecule has 4 rings (SSSR count). The molecule has 0 atom stereocenters. The summed E-state index contributed by atoms with van der Waals surface area (Å²) in [7, 11) is 0. The summed E-state index contributed by atoms with van der Waals surface area (Å²) in [5, 5.41) is 15.4. The maximum atomic E-state index is 10.4. The molecule has 29 heavy (non-hydrogen) atoms. The minimum Gasteiger partial charge on any atom is -0.508 e. The van der Waals surface area contributed by atoms with Crippen LogP contribution in [0.5, 0.6) is 5.75 Å². The van der Waals surface area contributed by atoms with E-state index >= 15 is 0 Å². The minimum atomic E-state index is 0.279. The Morgan fingerprint density at radius 2 is 1.24 bits per heavy atom. The van der Waals surface area contributed by atoms with Crippen molar-refractivity contribution in [3.8, 4) is 16.9 Å². The number of phenols is 1. The molecular weight excluding hydrogens is 352 g/mol. The highest BCUT2D eigenvalue weighted by molar-refractivity contribution is 5.96. The molecule has 1 heteroatoms. The Hall–Kier alpha value is -2.80. The van der Waals surface area contributed by atoms with E-state index < -0.39 is 0 Å². The van der Waals surface area contributed by atoms with Crippen molar-refractivity contribution in [2.45, 2.75) is 53.4 Å². The molecule has 0 spiro atoms. The maximum absolute atomic E-state index is 10.4. The zero-order chi connectivity index (χ0) is 20.9. The van der Waals surface area contributed by atoms with E-state index in [1.165, 1.54) is 44.0 Å². The van der Waals surface area contributed by atoms with Crippen LogP contribution in [0.2, 0.25) is 0 Å². The molecule has 4 aromatic rings. The van der Waals surface area contributed by atoms with Gasteiger partial charge in [-0.3, -0.25) is 0 Å². The van der Waals surface area contributed by atoms with E-state index in [-0.39, 0.29) is 5.92 Å². The molecular formula is C28H30O. The van der Waals surface area contributed by atoms with Crippen LogP contribution in [0.3, 0.4) is 0 Å². The van der Waals surface area contributed by atoms with Gasteiger partial charge in [0.25, 0.3) is 0 Å². The van der Waals surface area contributed by atoms with E-state index in [2.05, 4.69) is 84.0 Å². The van der Waals surface area contributed by atoms with E-state index in [4.69, 9.17) is 0 Å². The molecule has 0 amide bonds. The quantitative estimate of drug-likeness (QED) is 0.378. The molecule has 0 aromatic heterocycles. The van der Waals surface area contributed by atoms with Crippen molar-refractivity contribution in [3.05, 3.63) is 76.9 Å². The van der Waals surface area contributed by atoms with E-state index in [0.29, 0.717) is 11.7 Å². The molecule has 0 aliphatic heterocycles. The van der Waals surface area contributed by atoms with Crippen LogP contribution < -0.4 is 0 Å². The Bertz CT molecular complexity index is 1230. The average Bonchev–Trinajstić information content (AvgIpc) is 2.66. The van der Waals surface area contributed by atoms with Gasteiger partial charge in [0.05, 0.1) is 0 Å². The lowest BCUT2D eigenvalue weighted by molar-refractivity contribution is 0.466. The van der Waals surface area contributed by atoms with Gasteiger partial charge in [-0.15, -0.1) is 0 Å². The lowest BCUT2D eigenvalue weighted by Gasteiger charge is -2.18. The predicted molar refractivity (Wildman–Crippen MR) is 126 cm³/mol. The average molecular weight is 383 g/mol. The van der Waals surface area contributed by atoms with Crippen LogP contribution in [0.1, 0.15) is 61.8 Å². The second kappa shape index (κ2) is 7.22. The van der Waals surface area contributed by atoms with Crippen molar-refractivity contribution >= 4 is 21.5 Å². The van der Waals surface area contributed by atoms with E-state index in [1.807, 2.05) is 12.1 Å². The van der Waals surface area contributed by atoms with Crippen LogP contribution in [0.4, 0.5) is 0 Å². The summed E-state index contributed by atoms with van der Waals surface area (Å²) >= 11 is 0. The zero-order valence-corrected chi connectivity index (χ0v) is 18.3. The third-order valence-electron chi connectivity index (χ3n) is 6.13. The highest BCUT2D eigenvalue weighted by Gasteiger charge is 2.15. The standard InChI is InChI=1S/C28H30O/c1-16(2)22-9-7-8-20-14-23(18(5)12-25(20)22)24-15-21-10-11-27(29)28(17(3)4)26(21)13-19(24)6/h7-17,29H,1-6H3. The third-order valence-corrected chi connectivity index (χ3v) is 6.13. The molecule has 0 radical (unpaired) electrons. The molecule has 0 saturated carbocycles. The third kappa shape index (κ3) is 3.29. The van der Waals surface area contributed by atoms with Crippen molar-refractivity contribution in [1.82, 2.24) is 0 Å². The zero-order valence-electron chi connectivity index (χ0n) is 18.3. The minimum absolute atomic E-state index is 0.279. The fourth-order valence-corrected chi connectivity index (χ4v) is 4.64. The van der Waals surface area contributed by atoms with Gasteiger partial charge >= 0.3 is 0 Å². The SMILES string of the molecule is Cc1cc2c(C(C)C)cccc2cc1-c1cc2ccc(O)c(C(C)C)c2cc1C. The molecule has 0 aliphatic rings. The summed E-state index contributed by atoms with van der Waals surface area (Å²) in [5.74, 6) is 1.18. The fraction of sp³-hybridized carbons (Fsp3) is 0.286. The van der Waals surface area contributed by atoms with Gasteiger partial charge in [-0.1, -0.05) is 64.1 Å².